The van der Waals surface area contributed by atoms with E-state index in [0.717, 1.165) is 25.8 Å². The standard InChI is InChI=1S/C20H30NO3P/c1-5-23-25-14-16-12-21(11-15-9-7-6-8-10-15)13-17(16)18(25)19(22)24-20(2,3)4/h6-10,16-18H,5,11-14H2,1-4H3/t16-,17-,18+,25?/m0/s1. The van der Waals surface area contributed by atoms with Gasteiger partial charge in [-0.05, 0) is 51.3 Å². The first-order chi connectivity index (χ1) is 11.9. The number of hydrogen-bond acceptors (Lipinski definition) is 4. The van der Waals surface area contributed by atoms with Gasteiger partial charge in [-0.1, -0.05) is 30.3 Å². The summed E-state index contributed by atoms with van der Waals surface area (Å²) < 4.78 is 11.7. The minimum atomic E-state index is -0.714. The topological polar surface area (TPSA) is 38.8 Å². The van der Waals surface area contributed by atoms with Crippen LogP contribution in [0.3, 0.4) is 0 Å². The van der Waals surface area contributed by atoms with Gasteiger partial charge in [0.2, 0.25) is 0 Å². The van der Waals surface area contributed by atoms with Crippen molar-refractivity contribution in [2.75, 3.05) is 25.9 Å². The lowest BCUT2D eigenvalue weighted by atomic mass is 9.95. The molecule has 0 radical (unpaired) electrons. The molecule has 0 aliphatic carbocycles. The number of ether oxygens (including phenoxy) is 1. The number of hydrogen-bond donors (Lipinski definition) is 0. The van der Waals surface area contributed by atoms with E-state index in [-0.39, 0.29) is 11.6 Å². The van der Waals surface area contributed by atoms with Crippen molar-refractivity contribution in [2.24, 2.45) is 11.8 Å². The number of rotatable bonds is 5. The summed E-state index contributed by atoms with van der Waals surface area (Å²) in [6.45, 7) is 11.5. The van der Waals surface area contributed by atoms with Crippen molar-refractivity contribution >= 4 is 14.1 Å². The summed E-state index contributed by atoms with van der Waals surface area (Å²) in [5, 5.41) is 0. The Morgan fingerprint density at radius 2 is 1.96 bits per heavy atom. The van der Waals surface area contributed by atoms with Crippen LogP contribution >= 0.6 is 8.15 Å². The van der Waals surface area contributed by atoms with Crippen molar-refractivity contribution in [3.05, 3.63) is 35.9 Å². The van der Waals surface area contributed by atoms with Gasteiger partial charge in [0.05, 0.1) is 0 Å². The molecule has 25 heavy (non-hydrogen) atoms. The molecule has 2 aliphatic heterocycles. The molecule has 0 saturated carbocycles. The highest BCUT2D eigenvalue weighted by atomic mass is 31.1. The van der Waals surface area contributed by atoms with Crippen LogP contribution in [0.25, 0.3) is 0 Å². The molecular weight excluding hydrogens is 333 g/mol. The molecule has 2 aliphatic rings. The minimum Gasteiger partial charge on any atom is -0.459 e. The summed E-state index contributed by atoms with van der Waals surface area (Å²) in [4.78, 5) is 15.3. The summed E-state index contributed by atoms with van der Waals surface area (Å²) in [7, 11) is -0.714. The van der Waals surface area contributed by atoms with Crippen LogP contribution in [-0.4, -0.2) is 48.0 Å². The Balaban J connectivity index is 1.69. The molecule has 0 amide bonds. The molecule has 0 bridgehead atoms. The molecule has 5 heteroatoms. The highest BCUT2D eigenvalue weighted by Crippen LogP contribution is 2.58. The Morgan fingerprint density at radius 3 is 2.60 bits per heavy atom. The van der Waals surface area contributed by atoms with E-state index >= 15 is 0 Å². The highest BCUT2D eigenvalue weighted by Gasteiger charge is 2.53. The fraction of sp³-hybridized carbons (Fsp3) is 0.650. The largest absolute Gasteiger partial charge is 0.459 e. The number of nitrogens with zero attached hydrogens (tertiary/aromatic N) is 1. The molecule has 0 N–H and O–H groups in total. The molecule has 138 valence electrons. The molecule has 1 aromatic rings. The lowest BCUT2D eigenvalue weighted by Gasteiger charge is -2.28. The lowest BCUT2D eigenvalue weighted by molar-refractivity contribution is -0.155. The Hall–Kier alpha value is -0.960. The maximum Gasteiger partial charge on any atom is 0.316 e. The summed E-state index contributed by atoms with van der Waals surface area (Å²) in [5.74, 6) is 0.872. The van der Waals surface area contributed by atoms with Crippen LogP contribution in [0.1, 0.15) is 33.3 Å². The second-order valence-corrected chi connectivity index (χ2v) is 10.1. The summed E-state index contributed by atoms with van der Waals surface area (Å²) in [6, 6.07) is 10.6. The third-order valence-corrected chi connectivity index (χ3v) is 7.52. The van der Waals surface area contributed by atoms with E-state index in [1.165, 1.54) is 5.56 Å². The maximum atomic E-state index is 12.8. The van der Waals surface area contributed by atoms with E-state index in [4.69, 9.17) is 9.26 Å². The number of benzene rings is 1. The van der Waals surface area contributed by atoms with Crippen molar-refractivity contribution in [1.82, 2.24) is 4.90 Å². The summed E-state index contributed by atoms with van der Waals surface area (Å²) >= 11 is 0. The third-order valence-electron chi connectivity index (χ3n) is 4.89. The smallest absolute Gasteiger partial charge is 0.316 e. The number of carbonyl (C=O) groups is 1. The second kappa shape index (κ2) is 7.73. The van der Waals surface area contributed by atoms with Crippen LogP contribution in [0.4, 0.5) is 0 Å². The first-order valence-corrected chi connectivity index (χ1v) is 10.8. The zero-order valence-corrected chi connectivity index (χ0v) is 16.7. The monoisotopic (exact) mass is 363 g/mol. The first-order valence-electron chi connectivity index (χ1n) is 9.26. The summed E-state index contributed by atoms with van der Waals surface area (Å²) in [6.07, 6.45) is 1.03. The maximum absolute atomic E-state index is 12.8. The van der Waals surface area contributed by atoms with Gasteiger partial charge in [-0.3, -0.25) is 9.69 Å². The zero-order chi connectivity index (χ0) is 18.0. The number of likely N-dealkylation sites (tertiary alicyclic amines) is 1. The number of fused-ring (bicyclic) bond motifs is 1. The second-order valence-electron chi connectivity index (χ2n) is 8.10. The highest BCUT2D eigenvalue weighted by molar-refractivity contribution is 7.54. The van der Waals surface area contributed by atoms with Crippen molar-refractivity contribution in [3.63, 3.8) is 0 Å². The van der Waals surface area contributed by atoms with Gasteiger partial charge >= 0.3 is 5.97 Å². The van der Waals surface area contributed by atoms with Gasteiger partial charge in [-0.25, -0.2) is 0 Å². The Morgan fingerprint density at radius 1 is 1.24 bits per heavy atom. The Kier molecular flexibility index (Phi) is 5.82. The zero-order valence-electron chi connectivity index (χ0n) is 15.8. The van der Waals surface area contributed by atoms with Gasteiger partial charge < -0.3 is 9.26 Å². The molecule has 1 aromatic carbocycles. The van der Waals surface area contributed by atoms with Gasteiger partial charge in [-0.2, -0.15) is 0 Å². The molecule has 0 aromatic heterocycles. The normalized spacial score (nSPS) is 29.6. The molecule has 4 atom stereocenters. The van der Waals surface area contributed by atoms with Gasteiger partial charge in [-0.15, -0.1) is 0 Å². The van der Waals surface area contributed by atoms with E-state index in [2.05, 4.69) is 35.2 Å². The molecule has 2 saturated heterocycles. The van der Waals surface area contributed by atoms with Gasteiger partial charge in [0.1, 0.15) is 11.3 Å². The molecule has 3 rings (SSSR count). The fourth-order valence-electron chi connectivity index (χ4n) is 4.02. The van der Waals surface area contributed by atoms with Crippen molar-refractivity contribution < 1.29 is 14.1 Å². The van der Waals surface area contributed by atoms with Crippen LogP contribution in [0.15, 0.2) is 30.3 Å². The van der Waals surface area contributed by atoms with E-state index < -0.39 is 13.7 Å². The van der Waals surface area contributed by atoms with Crippen LogP contribution < -0.4 is 0 Å². The average Bonchev–Trinajstić information content (AvgIpc) is 3.03. The first kappa shape index (κ1) is 18.8. The molecule has 2 fully saturated rings. The molecule has 0 spiro atoms. The van der Waals surface area contributed by atoms with E-state index in [9.17, 15) is 4.79 Å². The SMILES string of the molecule is CCOP1C[C@@H]2CN(Cc3ccccc3)C[C@@H]2[C@@H]1C(=O)OC(C)(C)C. The van der Waals surface area contributed by atoms with Crippen LogP contribution in [0.2, 0.25) is 0 Å². The van der Waals surface area contributed by atoms with Crippen LogP contribution in [0.5, 0.6) is 0 Å². The average molecular weight is 363 g/mol. The predicted octanol–water partition coefficient (Wildman–Crippen LogP) is 3.89. The number of carbonyl (C=O) groups excluding carboxylic acids is 1. The third kappa shape index (κ3) is 4.61. The van der Waals surface area contributed by atoms with Crippen LogP contribution in [-0.2, 0) is 20.6 Å². The van der Waals surface area contributed by atoms with Crippen LogP contribution in [0, 0.1) is 11.8 Å². The summed E-state index contributed by atoms with van der Waals surface area (Å²) in [5.41, 5.74) is 0.827. The molecule has 2 heterocycles. The van der Waals surface area contributed by atoms with Gasteiger partial charge in [0.15, 0.2) is 0 Å². The van der Waals surface area contributed by atoms with Gasteiger partial charge in [0, 0.05) is 34.4 Å². The van der Waals surface area contributed by atoms with Crippen molar-refractivity contribution in [2.45, 2.75) is 45.5 Å². The number of esters is 1. The van der Waals surface area contributed by atoms with Crippen molar-refractivity contribution in [1.29, 1.82) is 0 Å². The van der Waals surface area contributed by atoms with E-state index in [1.54, 1.807) is 0 Å². The predicted molar refractivity (Wildman–Crippen MR) is 102 cm³/mol. The quantitative estimate of drug-likeness (QED) is 0.588. The lowest BCUT2D eigenvalue weighted by Crippen LogP contribution is -2.35. The van der Waals surface area contributed by atoms with E-state index in [1.807, 2.05) is 27.7 Å². The van der Waals surface area contributed by atoms with Crippen molar-refractivity contribution in [3.8, 4) is 0 Å². The molecule has 4 nitrogen and oxygen atoms in total. The minimum absolute atomic E-state index is 0.0545. The molecule has 1 unspecified atom stereocenters. The van der Waals surface area contributed by atoms with E-state index in [0.29, 0.717) is 18.4 Å². The molecular formula is C20H30NO3P. The van der Waals surface area contributed by atoms with Gasteiger partial charge in [0.25, 0.3) is 0 Å². The Bertz CT molecular complexity index is 586. The Labute approximate surface area is 152 Å². The fourth-order valence-corrected chi connectivity index (χ4v) is 6.75.